The highest BCUT2D eigenvalue weighted by atomic mass is 18.0. The predicted molar refractivity (Wildman–Crippen MR) is 24.8 cm³/mol. The molecular weight excluding hydrogens is 320 g/mol. The first kappa shape index (κ1) is 19.2. The minimum Gasteiger partial charge on any atom is -0.219 e. The molecule has 0 unspecified atom stereocenters. The van der Waals surface area contributed by atoms with Crippen molar-refractivity contribution in [1.29, 1.82) is 0 Å². The molecule has 0 radical (unpaired) electrons. The Morgan fingerprint density at radius 1 is 0.250 bits per heavy atom. The third-order valence-electron chi connectivity index (χ3n) is 0.478. The fourth-order valence-electron chi connectivity index (χ4n) is 0.184. The summed E-state index contributed by atoms with van der Waals surface area (Å²) >= 11 is 0. The Bertz CT molecular complexity index is 132. The molecule has 0 heterocycles. The highest BCUT2D eigenvalue weighted by Crippen LogP contribution is 1.92. The van der Waals surface area contributed by atoms with E-state index in [1.165, 1.54) is 0 Å². The monoisotopic (exact) mass is 322 g/mol. The zero-order valence-electron chi connectivity index (χ0n) is 8.24. The fourth-order valence-corrected chi connectivity index (χ4v) is 0.184. The second kappa shape index (κ2) is 18.2. The summed E-state index contributed by atoms with van der Waals surface area (Å²) in [4.78, 5) is 0. The van der Waals surface area contributed by atoms with Gasteiger partial charge in [0.1, 0.15) is 0 Å². The minimum atomic E-state index is 2.87. The third kappa shape index (κ3) is 17.2. The summed E-state index contributed by atoms with van der Waals surface area (Å²) in [5.41, 5.74) is 0. The molecule has 0 aromatic heterocycles. The SMILES string of the molecule is OOOOOOOOOOOOOOOOOOOO. The molecule has 0 aromatic carbocycles. The van der Waals surface area contributed by atoms with Crippen molar-refractivity contribution in [2.75, 3.05) is 0 Å². The smallest absolute Gasteiger partial charge is 0 e. The standard InChI is InChI=1S/H2O20/c1-3-5-7-9-11-13-15-17-19-20-18-16-14-12-10-8-6-4-2/h1-2H. The second-order valence-electron chi connectivity index (χ2n) is 1.24. The van der Waals surface area contributed by atoms with Gasteiger partial charge >= 0.3 is 0 Å². The lowest BCUT2D eigenvalue weighted by Gasteiger charge is -1.98. The Morgan fingerprint density at radius 2 is 0.400 bits per heavy atom. The lowest BCUT2D eigenvalue weighted by atomic mass is 14.0. The van der Waals surface area contributed by atoms with Crippen molar-refractivity contribution in [2.24, 2.45) is 0 Å². The number of rotatable bonds is 17. The van der Waals surface area contributed by atoms with E-state index < -0.39 is 0 Å². The van der Waals surface area contributed by atoms with Crippen LogP contribution in [0.15, 0.2) is 0 Å². The van der Waals surface area contributed by atoms with Crippen LogP contribution in [0.1, 0.15) is 0 Å². The highest BCUT2D eigenvalue weighted by Gasteiger charge is 1.99. The average Bonchev–Trinajstić information content (AvgIpc) is 2.47. The van der Waals surface area contributed by atoms with E-state index in [9.17, 15) is 0 Å². The quantitative estimate of drug-likeness (QED) is 0.183. The maximum atomic E-state index is 7.48. The van der Waals surface area contributed by atoms with Gasteiger partial charge in [0.25, 0.3) is 0 Å². The molecule has 0 aliphatic heterocycles. The molecule has 20 heteroatoms. The molecule has 0 aliphatic rings. The van der Waals surface area contributed by atoms with Gasteiger partial charge in [-0.05, 0) is 80.6 Å². The zero-order valence-corrected chi connectivity index (χ0v) is 8.24. The van der Waals surface area contributed by atoms with E-state index in [1.807, 2.05) is 0 Å². The van der Waals surface area contributed by atoms with E-state index in [1.54, 1.807) is 0 Å². The maximum Gasteiger partial charge on any atom is 0 e. The van der Waals surface area contributed by atoms with E-state index in [0.717, 1.165) is 0 Å². The van der Waals surface area contributed by atoms with Crippen LogP contribution < -0.4 is 0 Å². The highest BCUT2D eigenvalue weighted by molar-refractivity contribution is 3.08. The molecular formula is H2O20. The summed E-state index contributed by atoms with van der Waals surface area (Å²) in [5, 5.41) is 75.0. The zero-order chi connectivity index (χ0) is 14.7. The lowest BCUT2D eigenvalue weighted by Crippen LogP contribution is -2.05. The first-order chi connectivity index (χ1) is 9.91. The van der Waals surface area contributed by atoms with Gasteiger partial charge in [0.15, 0.2) is 0 Å². The van der Waals surface area contributed by atoms with Crippen LogP contribution in [0.25, 0.3) is 0 Å². The molecule has 20 nitrogen and oxygen atoms in total. The Labute approximate surface area is 103 Å². The average molecular weight is 322 g/mol. The van der Waals surface area contributed by atoms with Gasteiger partial charge in [-0.3, -0.25) is 0 Å². The summed E-state index contributed by atoms with van der Waals surface area (Å²) in [6.07, 6.45) is 0. The largest absolute Gasteiger partial charge is 0.219 e. The summed E-state index contributed by atoms with van der Waals surface area (Å²) in [6, 6.07) is 0. The van der Waals surface area contributed by atoms with E-state index in [4.69, 9.17) is 10.5 Å². The Morgan fingerprint density at radius 3 is 0.550 bits per heavy atom. The molecule has 20 heavy (non-hydrogen) atoms. The first-order valence-corrected chi connectivity index (χ1v) is 3.20. The minimum absolute atomic E-state index is 2.87. The topological polar surface area (TPSA) is 207 Å². The molecule has 122 valence electrons. The van der Waals surface area contributed by atoms with Crippen LogP contribution >= 0.6 is 0 Å². The molecule has 0 spiro atoms. The molecule has 2 N–H and O–H groups in total. The van der Waals surface area contributed by atoms with Crippen LogP contribution in [0.3, 0.4) is 0 Å². The van der Waals surface area contributed by atoms with Gasteiger partial charge in [0.05, 0.1) is 0 Å². The van der Waals surface area contributed by atoms with Crippen LogP contribution in [0.4, 0.5) is 0 Å². The van der Waals surface area contributed by atoms with Crippen molar-refractivity contribution in [2.45, 2.75) is 0 Å². The summed E-state index contributed by atoms with van der Waals surface area (Å²) in [7, 11) is 0. The molecule has 0 aliphatic carbocycles. The van der Waals surface area contributed by atoms with Crippen molar-refractivity contribution in [3.8, 4) is 0 Å². The maximum absolute atomic E-state index is 7.48. The van der Waals surface area contributed by atoms with Gasteiger partial charge in [-0.2, -0.15) is 0 Å². The molecule has 0 aromatic rings. The summed E-state index contributed by atoms with van der Waals surface area (Å²) in [6.45, 7) is 0. The Balaban J connectivity index is 2.89. The van der Waals surface area contributed by atoms with Gasteiger partial charge in [-0.1, -0.05) is 0 Å². The third-order valence-corrected chi connectivity index (χ3v) is 0.478. The summed E-state index contributed by atoms with van der Waals surface area (Å²) in [5.74, 6) is 0. The van der Waals surface area contributed by atoms with Gasteiger partial charge < -0.3 is 0 Å². The van der Waals surface area contributed by atoms with Gasteiger partial charge in [-0.15, -0.1) is 0 Å². The van der Waals surface area contributed by atoms with Crippen molar-refractivity contribution < 1.29 is 101 Å². The Kier molecular flexibility index (Phi) is 17.5. The first-order valence-electron chi connectivity index (χ1n) is 3.20. The van der Waals surface area contributed by atoms with E-state index in [2.05, 4.69) is 90.7 Å². The Hall–Kier alpha value is -0.800. The molecule has 0 rings (SSSR count). The van der Waals surface area contributed by atoms with E-state index >= 15 is 0 Å². The van der Waals surface area contributed by atoms with E-state index in [-0.39, 0.29) is 0 Å². The number of hydrogen-bond acceptors (Lipinski definition) is 20. The molecule has 0 bridgehead atoms. The van der Waals surface area contributed by atoms with Gasteiger partial charge in [0.2, 0.25) is 0 Å². The molecule has 0 fully saturated rings. The van der Waals surface area contributed by atoms with Crippen LogP contribution in [0.2, 0.25) is 0 Å². The molecule has 0 atom stereocenters. The van der Waals surface area contributed by atoms with Crippen molar-refractivity contribution in [3.63, 3.8) is 0 Å². The van der Waals surface area contributed by atoms with Crippen molar-refractivity contribution in [3.05, 3.63) is 0 Å². The fraction of sp³-hybridized carbons (Fsp3) is 0. The molecule has 0 amide bonds. The van der Waals surface area contributed by atoms with Gasteiger partial charge in [0, 0.05) is 10.1 Å². The van der Waals surface area contributed by atoms with Crippen molar-refractivity contribution >= 4 is 0 Å². The molecule has 0 saturated carbocycles. The predicted octanol–water partition coefficient (Wildman–Crippen LogP) is -1.21. The van der Waals surface area contributed by atoms with E-state index in [0.29, 0.717) is 0 Å². The van der Waals surface area contributed by atoms with Crippen LogP contribution in [-0.4, -0.2) is 10.5 Å². The normalized spacial score (nSPS) is 11.1. The van der Waals surface area contributed by atoms with Crippen LogP contribution in [-0.2, 0) is 90.7 Å². The lowest BCUT2D eigenvalue weighted by molar-refractivity contribution is -0.893. The second-order valence-corrected chi connectivity index (χ2v) is 1.24. The number of hydrogen-bond donors (Lipinski definition) is 2. The van der Waals surface area contributed by atoms with Gasteiger partial charge in [-0.25, -0.2) is 10.5 Å². The summed E-state index contributed by atoms with van der Waals surface area (Å²) < 4.78 is 0. The van der Waals surface area contributed by atoms with Crippen LogP contribution in [0, 0.1) is 0 Å². The van der Waals surface area contributed by atoms with Crippen molar-refractivity contribution in [1.82, 2.24) is 0 Å². The molecule has 0 saturated heterocycles. The van der Waals surface area contributed by atoms with Crippen LogP contribution in [0.5, 0.6) is 0 Å².